The van der Waals surface area contributed by atoms with Gasteiger partial charge in [-0.1, -0.05) is 6.07 Å². The van der Waals surface area contributed by atoms with Gasteiger partial charge in [0.1, 0.15) is 0 Å². The molecule has 3 rings (SSSR count). The van der Waals surface area contributed by atoms with Gasteiger partial charge in [-0.25, -0.2) is 10.4 Å². The predicted octanol–water partition coefficient (Wildman–Crippen LogP) is 0.589. The number of hydrogen-bond donors (Lipinski definition) is 2. The summed E-state index contributed by atoms with van der Waals surface area (Å²) in [6.07, 6.45) is 3.22. The molecule has 5 nitrogen and oxygen atoms in total. The number of nitrogens with one attached hydrogen (secondary N) is 2. The van der Waals surface area contributed by atoms with E-state index in [1.54, 1.807) is 6.07 Å². The maximum Gasteiger partial charge on any atom is 0.248 e. The van der Waals surface area contributed by atoms with Gasteiger partial charge in [0.25, 0.3) is 0 Å². The molecule has 18 heavy (non-hydrogen) atoms. The first-order valence-electron chi connectivity index (χ1n) is 6.64. The number of fused-ring (bicyclic) bond motifs is 1. The molecule has 2 heterocycles. The summed E-state index contributed by atoms with van der Waals surface area (Å²) in [6.45, 7) is 3.43. The summed E-state index contributed by atoms with van der Waals surface area (Å²) in [5, 5.41) is 2.23. The molecule has 1 atom stereocenters. The molecular weight excluding hydrogens is 230 g/mol. The van der Waals surface area contributed by atoms with Crippen molar-refractivity contribution in [1.29, 1.82) is 0 Å². The lowest BCUT2D eigenvalue weighted by Gasteiger charge is -2.34. The first-order chi connectivity index (χ1) is 8.83. The van der Waals surface area contributed by atoms with Crippen molar-refractivity contribution in [2.24, 2.45) is 0 Å². The SMILES string of the molecule is O=c1ccc2c([nH]1)CCCC2NN1CCOCC1. The molecule has 1 aromatic heterocycles. The molecule has 1 aliphatic carbocycles. The number of hydrogen-bond acceptors (Lipinski definition) is 4. The summed E-state index contributed by atoms with van der Waals surface area (Å²) in [6, 6.07) is 3.91. The fraction of sp³-hybridized carbons (Fsp3) is 0.615. The van der Waals surface area contributed by atoms with Gasteiger partial charge in [-0.2, -0.15) is 0 Å². The van der Waals surface area contributed by atoms with E-state index in [9.17, 15) is 4.79 Å². The average molecular weight is 249 g/mol. The molecule has 0 aromatic carbocycles. The zero-order chi connectivity index (χ0) is 12.4. The molecule has 1 aromatic rings. The second-order valence-electron chi connectivity index (χ2n) is 4.93. The molecular formula is C13H19N3O2. The zero-order valence-corrected chi connectivity index (χ0v) is 10.4. The Balaban J connectivity index is 1.76. The topological polar surface area (TPSA) is 57.4 Å². The zero-order valence-electron chi connectivity index (χ0n) is 10.4. The molecule has 1 aliphatic heterocycles. The van der Waals surface area contributed by atoms with Crippen molar-refractivity contribution in [3.63, 3.8) is 0 Å². The van der Waals surface area contributed by atoms with E-state index >= 15 is 0 Å². The number of aromatic nitrogens is 1. The van der Waals surface area contributed by atoms with Crippen LogP contribution in [0.4, 0.5) is 0 Å². The Kier molecular flexibility index (Phi) is 3.45. The van der Waals surface area contributed by atoms with Crippen molar-refractivity contribution in [1.82, 2.24) is 15.4 Å². The van der Waals surface area contributed by atoms with Gasteiger partial charge in [-0.3, -0.25) is 4.79 Å². The van der Waals surface area contributed by atoms with Gasteiger partial charge < -0.3 is 9.72 Å². The van der Waals surface area contributed by atoms with Crippen LogP contribution in [0, 0.1) is 0 Å². The highest BCUT2D eigenvalue weighted by Crippen LogP contribution is 2.27. The molecule has 0 bridgehead atoms. The summed E-state index contributed by atoms with van der Waals surface area (Å²) in [4.78, 5) is 14.3. The van der Waals surface area contributed by atoms with Crippen LogP contribution in [0.3, 0.4) is 0 Å². The Bertz CT molecular complexity index is 466. The van der Waals surface area contributed by atoms with Crippen LogP contribution in [0.25, 0.3) is 0 Å². The van der Waals surface area contributed by atoms with Crippen molar-refractivity contribution < 1.29 is 4.74 Å². The lowest BCUT2D eigenvalue weighted by atomic mass is 9.92. The van der Waals surface area contributed by atoms with Gasteiger partial charge in [0.05, 0.1) is 13.2 Å². The number of rotatable bonds is 2. The normalized spacial score (nSPS) is 24.8. The highest BCUT2D eigenvalue weighted by Gasteiger charge is 2.23. The van der Waals surface area contributed by atoms with Gasteiger partial charge >= 0.3 is 0 Å². The van der Waals surface area contributed by atoms with E-state index in [-0.39, 0.29) is 5.56 Å². The van der Waals surface area contributed by atoms with Gasteiger partial charge in [-0.05, 0) is 24.8 Å². The second-order valence-corrected chi connectivity index (χ2v) is 4.93. The number of pyridine rings is 1. The van der Waals surface area contributed by atoms with Gasteiger partial charge in [0, 0.05) is 30.9 Å². The average Bonchev–Trinajstić information content (AvgIpc) is 2.40. The molecule has 5 heteroatoms. The highest BCUT2D eigenvalue weighted by atomic mass is 16.5. The van der Waals surface area contributed by atoms with Crippen molar-refractivity contribution in [3.05, 3.63) is 33.7 Å². The van der Waals surface area contributed by atoms with E-state index in [0.29, 0.717) is 6.04 Å². The monoisotopic (exact) mass is 249 g/mol. The fourth-order valence-electron chi connectivity index (χ4n) is 2.75. The molecule has 1 fully saturated rings. The Hall–Kier alpha value is -1.17. The minimum absolute atomic E-state index is 0.000715. The van der Waals surface area contributed by atoms with Crippen LogP contribution < -0.4 is 11.0 Å². The molecule has 0 saturated carbocycles. The summed E-state index contributed by atoms with van der Waals surface area (Å²) in [5.74, 6) is 0. The van der Waals surface area contributed by atoms with E-state index in [0.717, 1.165) is 51.3 Å². The lowest BCUT2D eigenvalue weighted by molar-refractivity contribution is 0.00180. The van der Waals surface area contributed by atoms with Crippen LogP contribution in [-0.4, -0.2) is 36.3 Å². The van der Waals surface area contributed by atoms with Crippen LogP contribution in [0.5, 0.6) is 0 Å². The largest absolute Gasteiger partial charge is 0.379 e. The number of nitrogens with zero attached hydrogens (tertiary/aromatic N) is 1. The third kappa shape index (κ3) is 2.48. The molecule has 1 saturated heterocycles. The van der Waals surface area contributed by atoms with E-state index in [1.165, 1.54) is 5.56 Å². The van der Waals surface area contributed by atoms with Crippen molar-refractivity contribution in [2.45, 2.75) is 25.3 Å². The third-order valence-corrected chi connectivity index (χ3v) is 3.68. The van der Waals surface area contributed by atoms with E-state index in [1.807, 2.05) is 6.07 Å². The van der Waals surface area contributed by atoms with Gasteiger partial charge in [-0.15, -0.1) is 0 Å². The smallest absolute Gasteiger partial charge is 0.248 e. The standard InChI is InChI=1S/C13H19N3O2/c17-13-5-4-10-11(14-13)2-1-3-12(10)15-16-6-8-18-9-7-16/h4-5,12,15H,1-3,6-9H2,(H,14,17). The fourth-order valence-corrected chi connectivity index (χ4v) is 2.75. The van der Waals surface area contributed by atoms with Crippen LogP contribution in [0.1, 0.15) is 30.1 Å². The quantitative estimate of drug-likeness (QED) is 0.805. The van der Waals surface area contributed by atoms with Crippen molar-refractivity contribution in [3.8, 4) is 0 Å². The summed E-state index contributed by atoms with van der Waals surface area (Å²) >= 11 is 0. The number of morpholine rings is 1. The summed E-state index contributed by atoms with van der Waals surface area (Å²) in [5.41, 5.74) is 5.91. The van der Waals surface area contributed by atoms with Crippen molar-refractivity contribution >= 4 is 0 Å². The first-order valence-corrected chi connectivity index (χ1v) is 6.64. The molecule has 2 N–H and O–H groups in total. The van der Waals surface area contributed by atoms with E-state index < -0.39 is 0 Å². The number of aromatic amines is 1. The molecule has 1 unspecified atom stereocenters. The van der Waals surface area contributed by atoms with Crippen LogP contribution in [-0.2, 0) is 11.2 Å². The van der Waals surface area contributed by atoms with E-state index in [4.69, 9.17) is 4.74 Å². The lowest BCUT2D eigenvalue weighted by Crippen LogP contribution is -2.47. The predicted molar refractivity (Wildman–Crippen MR) is 68.3 cm³/mol. The number of aryl methyl sites for hydroxylation is 1. The minimum Gasteiger partial charge on any atom is -0.379 e. The third-order valence-electron chi connectivity index (χ3n) is 3.68. The van der Waals surface area contributed by atoms with Crippen LogP contribution in [0.15, 0.2) is 16.9 Å². The Morgan fingerprint density at radius 2 is 2.17 bits per heavy atom. The molecule has 98 valence electrons. The second kappa shape index (κ2) is 5.22. The molecule has 0 radical (unpaired) electrons. The maximum absolute atomic E-state index is 11.3. The maximum atomic E-state index is 11.3. The highest BCUT2D eigenvalue weighted by molar-refractivity contribution is 5.26. The molecule has 0 spiro atoms. The number of ether oxygens (including phenoxy) is 1. The van der Waals surface area contributed by atoms with E-state index in [2.05, 4.69) is 15.4 Å². The first kappa shape index (κ1) is 11.9. The molecule has 2 aliphatic rings. The van der Waals surface area contributed by atoms with Gasteiger partial charge in [0.15, 0.2) is 0 Å². The van der Waals surface area contributed by atoms with Crippen molar-refractivity contribution in [2.75, 3.05) is 26.3 Å². The number of H-pyrrole nitrogens is 1. The van der Waals surface area contributed by atoms with Gasteiger partial charge in [0.2, 0.25) is 5.56 Å². The summed E-state index contributed by atoms with van der Waals surface area (Å²) < 4.78 is 5.34. The minimum atomic E-state index is 0.000715. The Morgan fingerprint density at radius 1 is 1.33 bits per heavy atom. The Labute approximate surface area is 106 Å². The molecule has 0 amide bonds. The Morgan fingerprint density at radius 3 is 3.00 bits per heavy atom. The van der Waals surface area contributed by atoms with Crippen LogP contribution >= 0.6 is 0 Å². The number of hydrazine groups is 1. The van der Waals surface area contributed by atoms with Crippen LogP contribution in [0.2, 0.25) is 0 Å². The summed E-state index contributed by atoms with van der Waals surface area (Å²) in [7, 11) is 0.